The van der Waals surface area contributed by atoms with E-state index < -0.39 is 11.9 Å². The van der Waals surface area contributed by atoms with E-state index in [0.717, 1.165) is 6.07 Å². The van der Waals surface area contributed by atoms with Gasteiger partial charge >= 0.3 is 11.9 Å². The molecular formula is C15H9NO4. The molecule has 0 amide bonds. The summed E-state index contributed by atoms with van der Waals surface area (Å²) in [6.07, 6.45) is 0. The SMILES string of the molecule is N#Cc1ccccc1-c1cc(C(=O)O)cc(C(=O)O)c1. The van der Waals surface area contributed by atoms with Crippen LogP contribution in [0, 0.1) is 11.3 Å². The Labute approximate surface area is 114 Å². The van der Waals surface area contributed by atoms with E-state index in [4.69, 9.17) is 15.5 Å². The fourth-order valence-electron chi connectivity index (χ4n) is 1.86. The molecule has 2 N–H and O–H groups in total. The number of benzene rings is 2. The molecule has 5 nitrogen and oxygen atoms in total. The number of nitrogens with zero attached hydrogens (tertiary/aromatic N) is 1. The standard InChI is InChI=1S/C15H9NO4/c16-8-9-3-1-2-4-13(9)10-5-11(14(17)18)7-12(6-10)15(19)20/h1-7H,(H,17,18)(H,19,20). The van der Waals surface area contributed by atoms with Gasteiger partial charge in [-0.15, -0.1) is 0 Å². The molecule has 0 saturated heterocycles. The van der Waals surface area contributed by atoms with Gasteiger partial charge in [0.05, 0.1) is 22.8 Å². The molecule has 0 spiro atoms. The summed E-state index contributed by atoms with van der Waals surface area (Å²) >= 11 is 0. The lowest BCUT2D eigenvalue weighted by atomic mass is 9.96. The second-order valence-corrected chi connectivity index (χ2v) is 4.07. The summed E-state index contributed by atoms with van der Waals surface area (Å²) in [6, 6.07) is 12.4. The molecule has 2 aromatic carbocycles. The van der Waals surface area contributed by atoms with Crippen LogP contribution in [0.2, 0.25) is 0 Å². The minimum absolute atomic E-state index is 0.132. The van der Waals surface area contributed by atoms with Gasteiger partial charge in [-0.05, 0) is 35.4 Å². The van der Waals surface area contributed by atoms with Crippen LogP contribution in [0.4, 0.5) is 0 Å². The Bertz CT molecular complexity index is 712. The van der Waals surface area contributed by atoms with Crippen LogP contribution in [0.25, 0.3) is 11.1 Å². The molecule has 2 aromatic rings. The molecule has 0 aromatic heterocycles. The molecule has 0 atom stereocenters. The number of carboxylic acids is 2. The molecule has 0 radical (unpaired) electrons. The molecule has 0 saturated carbocycles. The normalized spacial score (nSPS) is 9.75. The van der Waals surface area contributed by atoms with Crippen LogP contribution in [0.5, 0.6) is 0 Å². The predicted molar refractivity (Wildman–Crippen MR) is 70.5 cm³/mol. The number of hydrogen-bond donors (Lipinski definition) is 2. The number of rotatable bonds is 3. The van der Waals surface area contributed by atoms with Gasteiger partial charge in [-0.25, -0.2) is 9.59 Å². The zero-order valence-electron chi connectivity index (χ0n) is 10.2. The molecule has 2 rings (SSSR count). The van der Waals surface area contributed by atoms with E-state index in [1.165, 1.54) is 12.1 Å². The quantitative estimate of drug-likeness (QED) is 0.890. The lowest BCUT2D eigenvalue weighted by Crippen LogP contribution is -2.03. The Hall–Kier alpha value is -3.13. The topological polar surface area (TPSA) is 98.4 Å². The van der Waals surface area contributed by atoms with Crippen molar-refractivity contribution in [3.8, 4) is 17.2 Å². The molecule has 0 fully saturated rings. The van der Waals surface area contributed by atoms with Crippen molar-refractivity contribution in [1.82, 2.24) is 0 Å². The summed E-state index contributed by atoms with van der Waals surface area (Å²) in [5.41, 5.74) is 0.978. The molecular weight excluding hydrogens is 258 g/mol. The first kappa shape index (κ1) is 13.3. The first-order chi connectivity index (χ1) is 9.52. The second-order valence-electron chi connectivity index (χ2n) is 4.07. The first-order valence-electron chi connectivity index (χ1n) is 5.64. The largest absolute Gasteiger partial charge is 0.478 e. The number of carbonyl (C=O) groups is 2. The van der Waals surface area contributed by atoms with E-state index in [0.29, 0.717) is 16.7 Å². The Morgan fingerprint density at radius 3 is 2.00 bits per heavy atom. The van der Waals surface area contributed by atoms with Gasteiger partial charge in [-0.3, -0.25) is 0 Å². The van der Waals surface area contributed by atoms with Gasteiger partial charge in [0.1, 0.15) is 0 Å². The van der Waals surface area contributed by atoms with Crippen LogP contribution in [-0.4, -0.2) is 22.2 Å². The number of hydrogen-bond acceptors (Lipinski definition) is 3. The summed E-state index contributed by atoms with van der Waals surface area (Å²) in [7, 11) is 0. The molecule has 98 valence electrons. The van der Waals surface area contributed by atoms with Gasteiger partial charge in [-0.2, -0.15) is 5.26 Å². The van der Waals surface area contributed by atoms with Crippen molar-refractivity contribution >= 4 is 11.9 Å². The fraction of sp³-hybridized carbons (Fsp3) is 0. The van der Waals surface area contributed by atoms with Crippen LogP contribution in [0.15, 0.2) is 42.5 Å². The Kier molecular flexibility index (Phi) is 3.49. The van der Waals surface area contributed by atoms with Crippen LogP contribution in [0.3, 0.4) is 0 Å². The van der Waals surface area contributed by atoms with Crippen molar-refractivity contribution in [2.24, 2.45) is 0 Å². The van der Waals surface area contributed by atoms with E-state index >= 15 is 0 Å². The third-order valence-electron chi connectivity index (χ3n) is 2.79. The summed E-state index contributed by atoms with van der Waals surface area (Å²) in [6.45, 7) is 0. The molecule has 5 heteroatoms. The van der Waals surface area contributed by atoms with E-state index in [9.17, 15) is 9.59 Å². The zero-order valence-corrected chi connectivity index (χ0v) is 10.2. The summed E-state index contributed by atoms with van der Waals surface area (Å²) in [4.78, 5) is 22.1. The van der Waals surface area contributed by atoms with Crippen LogP contribution in [0.1, 0.15) is 26.3 Å². The van der Waals surface area contributed by atoms with E-state index in [-0.39, 0.29) is 11.1 Å². The van der Waals surface area contributed by atoms with Crippen LogP contribution in [-0.2, 0) is 0 Å². The van der Waals surface area contributed by atoms with E-state index in [2.05, 4.69) is 0 Å². The lowest BCUT2D eigenvalue weighted by molar-refractivity contribution is 0.0696. The number of nitriles is 1. The highest BCUT2D eigenvalue weighted by atomic mass is 16.4. The minimum atomic E-state index is -1.22. The maximum absolute atomic E-state index is 11.1. The Balaban J connectivity index is 2.71. The Morgan fingerprint density at radius 2 is 1.50 bits per heavy atom. The van der Waals surface area contributed by atoms with Crippen molar-refractivity contribution in [3.05, 3.63) is 59.2 Å². The van der Waals surface area contributed by atoms with Gasteiger partial charge < -0.3 is 10.2 Å². The summed E-state index contributed by atoms with van der Waals surface area (Å²) < 4.78 is 0. The molecule has 0 aliphatic heterocycles. The maximum Gasteiger partial charge on any atom is 0.335 e. The molecule has 0 unspecified atom stereocenters. The third-order valence-corrected chi connectivity index (χ3v) is 2.79. The van der Waals surface area contributed by atoms with Gasteiger partial charge in [0, 0.05) is 0 Å². The summed E-state index contributed by atoms with van der Waals surface area (Å²) in [5, 5.41) is 27.1. The van der Waals surface area contributed by atoms with Gasteiger partial charge in [0.15, 0.2) is 0 Å². The smallest absolute Gasteiger partial charge is 0.335 e. The molecule has 0 aliphatic rings. The van der Waals surface area contributed by atoms with Crippen molar-refractivity contribution < 1.29 is 19.8 Å². The van der Waals surface area contributed by atoms with Crippen LogP contribution < -0.4 is 0 Å². The maximum atomic E-state index is 11.1. The predicted octanol–water partition coefficient (Wildman–Crippen LogP) is 2.62. The monoisotopic (exact) mass is 267 g/mol. The zero-order chi connectivity index (χ0) is 14.7. The average molecular weight is 267 g/mol. The van der Waals surface area contributed by atoms with E-state index in [1.807, 2.05) is 6.07 Å². The van der Waals surface area contributed by atoms with Crippen molar-refractivity contribution in [3.63, 3.8) is 0 Å². The molecule has 0 heterocycles. The van der Waals surface area contributed by atoms with Crippen molar-refractivity contribution in [2.45, 2.75) is 0 Å². The summed E-state index contributed by atoms with van der Waals surface area (Å²) in [5.74, 6) is -2.44. The fourth-order valence-corrected chi connectivity index (χ4v) is 1.86. The first-order valence-corrected chi connectivity index (χ1v) is 5.64. The molecule has 20 heavy (non-hydrogen) atoms. The highest BCUT2D eigenvalue weighted by molar-refractivity contribution is 5.96. The van der Waals surface area contributed by atoms with Crippen molar-refractivity contribution in [2.75, 3.05) is 0 Å². The van der Waals surface area contributed by atoms with Gasteiger partial charge in [0.25, 0.3) is 0 Å². The highest BCUT2D eigenvalue weighted by Crippen LogP contribution is 2.25. The third kappa shape index (κ3) is 2.49. The van der Waals surface area contributed by atoms with Crippen molar-refractivity contribution in [1.29, 1.82) is 5.26 Å². The average Bonchev–Trinajstić information content (AvgIpc) is 2.46. The minimum Gasteiger partial charge on any atom is -0.478 e. The number of aromatic carboxylic acids is 2. The molecule has 0 aliphatic carbocycles. The Morgan fingerprint density at radius 1 is 0.950 bits per heavy atom. The highest BCUT2D eigenvalue weighted by Gasteiger charge is 2.13. The lowest BCUT2D eigenvalue weighted by Gasteiger charge is -2.07. The molecule has 0 bridgehead atoms. The number of carboxylic acid groups (broad SMARTS) is 2. The van der Waals surface area contributed by atoms with E-state index in [1.54, 1.807) is 24.3 Å². The second kappa shape index (κ2) is 5.24. The van der Waals surface area contributed by atoms with Crippen LogP contribution >= 0.6 is 0 Å². The van der Waals surface area contributed by atoms with Gasteiger partial charge in [0.2, 0.25) is 0 Å². The van der Waals surface area contributed by atoms with Gasteiger partial charge in [-0.1, -0.05) is 18.2 Å².